The normalized spacial score (nSPS) is 23.8. The first-order valence-electron chi connectivity index (χ1n) is 10.2. The van der Waals surface area contributed by atoms with Gasteiger partial charge in [0, 0.05) is 36.8 Å². The van der Waals surface area contributed by atoms with Crippen molar-refractivity contribution in [2.45, 2.75) is 44.2 Å². The summed E-state index contributed by atoms with van der Waals surface area (Å²) in [6, 6.07) is 17.4. The number of nitrogens with zero attached hydrogens (tertiary/aromatic N) is 2. The molecular formula is C23H26N4O. The molecule has 2 atom stereocenters. The number of rotatable bonds is 4. The summed E-state index contributed by atoms with van der Waals surface area (Å²) < 4.78 is 2.11. The lowest BCUT2D eigenvalue weighted by atomic mass is 9.89. The van der Waals surface area contributed by atoms with E-state index in [1.54, 1.807) is 0 Å². The van der Waals surface area contributed by atoms with Crippen LogP contribution in [0.4, 0.5) is 5.69 Å². The second-order valence-electron chi connectivity index (χ2n) is 8.29. The summed E-state index contributed by atoms with van der Waals surface area (Å²) >= 11 is 0. The van der Waals surface area contributed by atoms with Crippen molar-refractivity contribution >= 4 is 22.6 Å². The van der Waals surface area contributed by atoms with Crippen molar-refractivity contribution in [3.63, 3.8) is 0 Å². The molecule has 28 heavy (non-hydrogen) atoms. The lowest BCUT2D eigenvalue weighted by molar-refractivity contribution is -0.117. The van der Waals surface area contributed by atoms with Gasteiger partial charge in [0.05, 0.1) is 11.0 Å². The molecule has 5 nitrogen and oxygen atoms in total. The number of aromatic nitrogens is 2. The van der Waals surface area contributed by atoms with Crippen LogP contribution in [0.2, 0.25) is 0 Å². The Morgan fingerprint density at radius 2 is 1.82 bits per heavy atom. The van der Waals surface area contributed by atoms with Gasteiger partial charge < -0.3 is 15.2 Å². The highest BCUT2D eigenvalue weighted by atomic mass is 16.1. The molecule has 0 radical (unpaired) electrons. The molecule has 2 N–H and O–H groups in total. The van der Waals surface area contributed by atoms with Crippen LogP contribution in [-0.2, 0) is 11.8 Å². The van der Waals surface area contributed by atoms with Crippen molar-refractivity contribution in [1.29, 1.82) is 0 Å². The van der Waals surface area contributed by atoms with Crippen molar-refractivity contribution < 1.29 is 4.79 Å². The number of fused-ring (bicyclic) bond motifs is 3. The highest BCUT2D eigenvalue weighted by molar-refractivity contribution is 5.91. The van der Waals surface area contributed by atoms with E-state index in [1.807, 2.05) is 49.5 Å². The van der Waals surface area contributed by atoms with Crippen LogP contribution in [-0.4, -0.2) is 27.5 Å². The Hall–Kier alpha value is -2.66. The molecule has 3 heterocycles. The molecule has 2 bridgehead atoms. The van der Waals surface area contributed by atoms with E-state index in [2.05, 4.69) is 21.3 Å². The van der Waals surface area contributed by atoms with Gasteiger partial charge in [-0.3, -0.25) is 4.79 Å². The zero-order chi connectivity index (χ0) is 19.1. The minimum absolute atomic E-state index is 0.127. The molecule has 2 aromatic carbocycles. The van der Waals surface area contributed by atoms with E-state index in [9.17, 15) is 4.79 Å². The molecule has 144 valence electrons. The van der Waals surface area contributed by atoms with Gasteiger partial charge in [-0.15, -0.1) is 0 Å². The van der Waals surface area contributed by atoms with Gasteiger partial charge in [-0.2, -0.15) is 0 Å². The molecule has 1 amide bonds. The SMILES string of the molecule is Cn1c(-c2ccc(NC(=O)CC3CC4CCC(C3)N4)cc2)nc2ccccc21. The Bertz CT molecular complexity index is 995. The predicted molar refractivity (Wildman–Crippen MR) is 112 cm³/mol. The lowest BCUT2D eigenvalue weighted by Gasteiger charge is -2.28. The molecule has 2 unspecified atom stereocenters. The van der Waals surface area contributed by atoms with Crippen LogP contribution in [0, 0.1) is 5.92 Å². The Morgan fingerprint density at radius 3 is 2.54 bits per heavy atom. The zero-order valence-electron chi connectivity index (χ0n) is 16.2. The molecule has 2 aliphatic rings. The number of nitrogens with one attached hydrogen (secondary N) is 2. The second kappa shape index (κ2) is 7.06. The molecule has 5 heteroatoms. The van der Waals surface area contributed by atoms with Crippen LogP contribution in [0.5, 0.6) is 0 Å². The van der Waals surface area contributed by atoms with Gasteiger partial charge in [0.15, 0.2) is 0 Å². The number of benzene rings is 2. The van der Waals surface area contributed by atoms with Gasteiger partial charge in [0.2, 0.25) is 5.91 Å². The third kappa shape index (κ3) is 3.31. The van der Waals surface area contributed by atoms with Crippen molar-refractivity contribution in [2.75, 3.05) is 5.32 Å². The van der Waals surface area contributed by atoms with E-state index in [4.69, 9.17) is 4.98 Å². The standard InChI is InChI=1S/C23H26N4O/c1-27-21-5-3-2-4-20(21)26-23(27)16-6-8-17(9-7-16)25-22(28)14-15-12-18-10-11-19(13-15)24-18/h2-9,15,18-19,24H,10-14H2,1H3,(H,25,28). The highest BCUT2D eigenvalue weighted by Gasteiger charge is 2.34. The number of piperidine rings is 1. The summed E-state index contributed by atoms with van der Waals surface area (Å²) in [5, 5.41) is 6.71. The highest BCUT2D eigenvalue weighted by Crippen LogP contribution is 2.33. The van der Waals surface area contributed by atoms with Crippen molar-refractivity contribution in [3.8, 4) is 11.4 Å². The summed E-state index contributed by atoms with van der Waals surface area (Å²) in [7, 11) is 2.03. The van der Waals surface area contributed by atoms with Gasteiger partial charge in [0.1, 0.15) is 5.82 Å². The molecule has 0 aliphatic carbocycles. The molecule has 1 aromatic heterocycles. The minimum Gasteiger partial charge on any atom is -0.327 e. The molecule has 2 saturated heterocycles. The fourth-order valence-electron chi connectivity index (χ4n) is 4.92. The first-order valence-corrected chi connectivity index (χ1v) is 10.2. The number of carbonyl (C=O) groups excluding carboxylic acids is 1. The number of aryl methyl sites for hydroxylation is 1. The molecule has 0 saturated carbocycles. The second-order valence-corrected chi connectivity index (χ2v) is 8.29. The first-order chi connectivity index (χ1) is 13.7. The summed E-state index contributed by atoms with van der Waals surface area (Å²) in [5.41, 5.74) is 4.01. The maximum Gasteiger partial charge on any atom is 0.224 e. The third-order valence-electron chi connectivity index (χ3n) is 6.26. The average Bonchev–Trinajstić information content (AvgIpc) is 3.22. The minimum atomic E-state index is 0.127. The van der Waals surface area contributed by atoms with E-state index in [1.165, 1.54) is 12.8 Å². The molecule has 5 rings (SSSR count). The number of hydrogen-bond donors (Lipinski definition) is 2. The molecule has 3 aromatic rings. The Morgan fingerprint density at radius 1 is 1.11 bits per heavy atom. The van der Waals surface area contributed by atoms with Crippen LogP contribution in [0.1, 0.15) is 32.1 Å². The molecular weight excluding hydrogens is 348 g/mol. The first kappa shape index (κ1) is 17.4. The Labute approximate surface area is 165 Å². The van der Waals surface area contributed by atoms with Crippen molar-refractivity contribution in [3.05, 3.63) is 48.5 Å². The van der Waals surface area contributed by atoms with Crippen LogP contribution >= 0.6 is 0 Å². The quantitative estimate of drug-likeness (QED) is 0.723. The van der Waals surface area contributed by atoms with Gasteiger partial charge in [-0.05, 0) is 68.0 Å². The predicted octanol–water partition coefficient (Wildman–Crippen LogP) is 4.10. The number of anilines is 1. The van der Waals surface area contributed by atoms with Gasteiger partial charge >= 0.3 is 0 Å². The number of imidazole rings is 1. The molecule has 2 aliphatic heterocycles. The van der Waals surface area contributed by atoms with Crippen LogP contribution in [0.25, 0.3) is 22.4 Å². The maximum atomic E-state index is 12.5. The summed E-state index contributed by atoms with van der Waals surface area (Å²) in [6.07, 6.45) is 5.44. The Kier molecular flexibility index (Phi) is 4.40. The van der Waals surface area contributed by atoms with Crippen LogP contribution in [0.3, 0.4) is 0 Å². The largest absolute Gasteiger partial charge is 0.327 e. The van der Waals surface area contributed by atoms with E-state index in [-0.39, 0.29) is 5.91 Å². The summed E-state index contributed by atoms with van der Waals surface area (Å²) in [6.45, 7) is 0. The zero-order valence-corrected chi connectivity index (χ0v) is 16.2. The monoisotopic (exact) mass is 374 g/mol. The van der Waals surface area contributed by atoms with Crippen molar-refractivity contribution in [2.24, 2.45) is 13.0 Å². The number of amides is 1. The van der Waals surface area contributed by atoms with E-state index in [0.717, 1.165) is 41.0 Å². The van der Waals surface area contributed by atoms with E-state index >= 15 is 0 Å². The third-order valence-corrected chi connectivity index (χ3v) is 6.26. The fraction of sp³-hybridized carbons (Fsp3) is 0.391. The number of para-hydroxylation sites is 2. The van der Waals surface area contributed by atoms with Crippen LogP contribution in [0.15, 0.2) is 48.5 Å². The van der Waals surface area contributed by atoms with Crippen LogP contribution < -0.4 is 10.6 Å². The van der Waals surface area contributed by atoms with E-state index in [0.29, 0.717) is 24.4 Å². The maximum absolute atomic E-state index is 12.5. The average molecular weight is 374 g/mol. The lowest BCUT2D eigenvalue weighted by Crippen LogP contribution is -2.39. The smallest absolute Gasteiger partial charge is 0.224 e. The topological polar surface area (TPSA) is 59.0 Å². The summed E-state index contributed by atoms with van der Waals surface area (Å²) in [5.74, 6) is 1.57. The van der Waals surface area contributed by atoms with Gasteiger partial charge in [-0.1, -0.05) is 12.1 Å². The number of carbonyl (C=O) groups is 1. The van der Waals surface area contributed by atoms with Gasteiger partial charge in [-0.25, -0.2) is 4.98 Å². The fourth-order valence-corrected chi connectivity index (χ4v) is 4.92. The van der Waals surface area contributed by atoms with E-state index < -0.39 is 0 Å². The van der Waals surface area contributed by atoms with Crippen molar-refractivity contribution in [1.82, 2.24) is 14.9 Å². The molecule has 0 spiro atoms. The molecule has 2 fully saturated rings. The van der Waals surface area contributed by atoms with Gasteiger partial charge in [0.25, 0.3) is 0 Å². The summed E-state index contributed by atoms with van der Waals surface area (Å²) in [4.78, 5) is 17.2. The number of hydrogen-bond acceptors (Lipinski definition) is 3. The Balaban J connectivity index is 1.26.